The van der Waals surface area contributed by atoms with Crippen molar-refractivity contribution in [2.24, 2.45) is 0 Å². The highest BCUT2D eigenvalue weighted by Crippen LogP contribution is 2.13. The van der Waals surface area contributed by atoms with Crippen molar-refractivity contribution in [1.29, 1.82) is 0 Å². The lowest BCUT2D eigenvalue weighted by molar-refractivity contribution is 0.0996. The first-order valence-electron chi connectivity index (χ1n) is 4.36. The Hall–Kier alpha value is -1.76. The van der Waals surface area contributed by atoms with Crippen LogP contribution in [0.5, 0.6) is 0 Å². The predicted molar refractivity (Wildman–Crippen MR) is 58.9 cm³/mol. The van der Waals surface area contributed by atoms with Crippen LogP contribution >= 0.6 is 15.9 Å². The summed E-state index contributed by atoms with van der Waals surface area (Å²) in [4.78, 5) is 23.3. The number of nitrogens with zero attached hydrogens (tertiary/aromatic N) is 3. The van der Waals surface area contributed by atoms with E-state index in [2.05, 4.69) is 36.2 Å². The van der Waals surface area contributed by atoms with Crippen LogP contribution in [-0.4, -0.2) is 20.9 Å². The average Bonchev–Trinajstić information content (AvgIpc) is 2.77. The maximum Gasteiger partial charge on any atom is 0.294 e. The first-order chi connectivity index (χ1) is 7.66. The average molecular weight is 283 g/mol. The molecule has 82 valence electrons. The Kier molecular flexibility index (Phi) is 2.95. The predicted octanol–water partition coefficient (Wildman–Crippen LogP) is 1.79. The molecule has 1 N–H and O–H groups in total. The van der Waals surface area contributed by atoms with E-state index in [0.717, 1.165) is 0 Å². The molecule has 0 bridgehead atoms. The van der Waals surface area contributed by atoms with Crippen LogP contribution in [0.3, 0.4) is 0 Å². The van der Waals surface area contributed by atoms with Crippen LogP contribution in [0.15, 0.2) is 27.8 Å². The van der Waals surface area contributed by atoms with Gasteiger partial charge in [0.15, 0.2) is 12.2 Å². The van der Waals surface area contributed by atoms with Crippen LogP contribution in [-0.2, 0) is 0 Å². The molecule has 0 aliphatic rings. The van der Waals surface area contributed by atoms with Gasteiger partial charge in [-0.15, -0.1) is 0 Å². The lowest BCUT2D eigenvalue weighted by Crippen LogP contribution is -2.12. The van der Waals surface area contributed by atoms with E-state index in [0.29, 0.717) is 16.1 Å². The van der Waals surface area contributed by atoms with Crippen LogP contribution in [0.2, 0.25) is 0 Å². The van der Waals surface area contributed by atoms with E-state index < -0.39 is 5.91 Å². The fourth-order valence-corrected chi connectivity index (χ4v) is 1.22. The second-order valence-corrected chi connectivity index (χ2v) is 3.70. The smallest absolute Gasteiger partial charge is 0.294 e. The van der Waals surface area contributed by atoms with Gasteiger partial charge in [-0.2, -0.15) is 0 Å². The fourth-order valence-electron chi connectivity index (χ4n) is 1.03. The summed E-state index contributed by atoms with van der Waals surface area (Å²) in [5.41, 5.74) is 0.690. The monoisotopic (exact) mass is 282 g/mol. The van der Waals surface area contributed by atoms with Gasteiger partial charge in [0, 0.05) is 0 Å². The van der Waals surface area contributed by atoms with Crippen LogP contribution in [0.25, 0.3) is 0 Å². The number of halogens is 1. The Morgan fingerprint density at radius 3 is 2.94 bits per heavy atom. The highest BCUT2D eigenvalue weighted by molar-refractivity contribution is 9.10. The van der Waals surface area contributed by atoms with Gasteiger partial charge >= 0.3 is 0 Å². The molecule has 16 heavy (non-hydrogen) atoms. The molecular formula is C9H7BrN4O2. The molecule has 2 aromatic heterocycles. The normalized spacial score (nSPS) is 10.1. The van der Waals surface area contributed by atoms with Crippen LogP contribution < -0.4 is 5.32 Å². The summed E-state index contributed by atoms with van der Waals surface area (Å²) in [6.07, 6.45) is 3.97. The number of amides is 1. The number of carbonyl (C=O) groups excluding carboxylic acids is 1. The fraction of sp³-hybridized carbons (Fsp3) is 0.111. The standard InChI is InChI=1S/C9H7BrN4O2/c1-5-8(10)12-3-7(13-5)14-9(15)6-2-11-4-16-6/h2-4H,1H3,(H,13,14,15). The van der Waals surface area contributed by atoms with Crippen molar-refractivity contribution < 1.29 is 9.21 Å². The van der Waals surface area contributed by atoms with Gasteiger partial charge in [0.25, 0.3) is 5.91 Å². The molecule has 2 rings (SSSR count). The molecule has 0 radical (unpaired) electrons. The van der Waals surface area contributed by atoms with Gasteiger partial charge in [0.05, 0.1) is 18.1 Å². The van der Waals surface area contributed by atoms with Gasteiger partial charge in [-0.05, 0) is 22.9 Å². The van der Waals surface area contributed by atoms with Crippen molar-refractivity contribution in [2.45, 2.75) is 6.92 Å². The summed E-state index contributed by atoms with van der Waals surface area (Å²) >= 11 is 3.22. The number of nitrogens with one attached hydrogen (secondary N) is 1. The van der Waals surface area contributed by atoms with Crippen LogP contribution in [0.1, 0.15) is 16.2 Å². The molecule has 0 atom stereocenters. The lowest BCUT2D eigenvalue weighted by Gasteiger charge is -2.03. The van der Waals surface area contributed by atoms with Gasteiger partial charge in [-0.25, -0.2) is 15.0 Å². The summed E-state index contributed by atoms with van der Waals surface area (Å²) in [7, 11) is 0. The third-order valence-corrected chi connectivity index (χ3v) is 2.56. The van der Waals surface area contributed by atoms with Crippen LogP contribution in [0.4, 0.5) is 5.82 Å². The number of oxazole rings is 1. The highest BCUT2D eigenvalue weighted by atomic mass is 79.9. The SMILES string of the molecule is Cc1nc(NC(=O)c2cnco2)cnc1Br. The van der Waals surface area contributed by atoms with Gasteiger partial charge < -0.3 is 9.73 Å². The molecule has 0 aliphatic heterocycles. The summed E-state index contributed by atoms with van der Waals surface area (Å²) in [5.74, 6) is 0.0815. The molecule has 0 unspecified atom stereocenters. The van der Waals surface area contributed by atoms with Crippen molar-refractivity contribution >= 4 is 27.7 Å². The second-order valence-electron chi connectivity index (χ2n) is 2.95. The van der Waals surface area contributed by atoms with Crippen molar-refractivity contribution in [2.75, 3.05) is 5.32 Å². The molecule has 0 saturated heterocycles. The van der Waals surface area contributed by atoms with Gasteiger partial charge in [-0.1, -0.05) is 0 Å². The zero-order valence-electron chi connectivity index (χ0n) is 8.27. The van der Waals surface area contributed by atoms with E-state index in [1.807, 2.05) is 0 Å². The topological polar surface area (TPSA) is 80.9 Å². The highest BCUT2D eigenvalue weighted by Gasteiger charge is 2.10. The Bertz CT molecular complexity index is 512. The first-order valence-corrected chi connectivity index (χ1v) is 5.15. The molecule has 6 nitrogen and oxygen atoms in total. The van der Waals surface area contributed by atoms with Crippen molar-refractivity contribution in [1.82, 2.24) is 15.0 Å². The minimum absolute atomic E-state index is 0.127. The zero-order valence-corrected chi connectivity index (χ0v) is 9.85. The van der Waals surface area contributed by atoms with Crippen LogP contribution in [0, 0.1) is 6.92 Å². The minimum atomic E-state index is -0.409. The quantitative estimate of drug-likeness (QED) is 0.908. The van der Waals surface area contributed by atoms with E-state index in [9.17, 15) is 4.79 Å². The molecule has 0 aliphatic carbocycles. The number of hydrogen-bond acceptors (Lipinski definition) is 5. The molecule has 0 saturated carbocycles. The molecular weight excluding hydrogens is 276 g/mol. The third kappa shape index (κ3) is 2.25. The summed E-state index contributed by atoms with van der Waals surface area (Å²) in [5, 5.41) is 2.55. The van der Waals surface area contributed by atoms with E-state index in [4.69, 9.17) is 4.42 Å². The molecule has 0 aromatic carbocycles. The summed E-state index contributed by atoms with van der Waals surface area (Å²) < 4.78 is 5.48. The second kappa shape index (κ2) is 4.40. The number of carbonyl (C=O) groups is 1. The maximum absolute atomic E-state index is 11.5. The van der Waals surface area contributed by atoms with Crippen molar-refractivity contribution in [3.8, 4) is 0 Å². The minimum Gasteiger partial charge on any atom is -0.438 e. The Labute approximate surface area is 99.3 Å². The Morgan fingerprint density at radius 2 is 2.31 bits per heavy atom. The van der Waals surface area contributed by atoms with Gasteiger partial charge in [-0.3, -0.25) is 4.79 Å². The van der Waals surface area contributed by atoms with E-state index in [1.54, 1.807) is 6.92 Å². The summed E-state index contributed by atoms with van der Waals surface area (Å²) in [6.45, 7) is 1.78. The van der Waals surface area contributed by atoms with Crippen molar-refractivity contribution in [3.63, 3.8) is 0 Å². The number of hydrogen-bond donors (Lipinski definition) is 1. The van der Waals surface area contributed by atoms with E-state index in [1.165, 1.54) is 18.8 Å². The van der Waals surface area contributed by atoms with Crippen molar-refractivity contribution in [3.05, 3.63) is 34.8 Å². The summed E-state index contributed by atoms with van der Waals surface area (Å²) in [6, 6.07) is 0. The molecule has 2 heterocycles. The number of aromatic nitrogens is 3. The third-order valence-electron chi connectivity index (χ3n) is 1.78. The first kappa shape index (κ1) is 10.7. The molecule has 0 spiro atoms. The maximum atomic E-state index is 11.5. The Morgan fingerprint density at radius 1 is 1.50 bits per heavy atom. The lowest BCUT2D eigenvalue weighted by atomic mass is 10.4. The molecule has 0 fully saturated rings. The number of anilines is 1. The largest absolute Gasteiger partial charge is 0.438 e. The molecule has 7 heteroatoms. The number of rotatable bonds is 2. The molecule has 2 aromatic rings. The number of aryl methyl sites for hydroxylation is 1. The van der Waals surface area contributed by atoms with Gasteiger partial charge in [0.1, 0.15) is 4.60 Å². The molecule has 1 amide bonds. The Balaban J connectivity index is 2.15. The zero-order chi connectivity index (χ0) is 11.5. The van der Waals surface area contributed by atoms with E-state index in [-0.39, 0.29) is 5.76 Å². The van der Waals surface area contributed by atoms with Gasteiger partial charge in [0.2, 0.25) is 5.76 Å². The van der Waals surface area contributed by atoms with E-state index >= 15 is 0 Å².